The van der Waals surface area contributed by atoms with Gasteiger partial charge in [0.05, 0.1) is 9.80 Å². The van der Waals surface area contributed by atoms with E-state index in [0.717, 1.165) is 28.8 Å². The number of aromatic nitrogens is 3. The zero-order valence-electron chi connectivity index (χ0n) is 12.2. The standard InChI is InChI=1S/C13H9F2N5O3S2/c14-12(15)23-9-6-7(3-4-8(9)20(21)22)25-13-18-17-11(19(13)16)10-2-1-5-24-10/h1-6,12H,16H2. The van der Waals surface area contributed by atoms with Crippen LogP contribution in [0.1, 0.15) is 0 Å². The Kier molecular flexibility index (Phi) is 4.81. The van der Waals surface area contributed by atoms with Crippen molar-refractivity contribution >= 4 is 28.8 Å². The lowest BCUT2D eigenvalue weighted by molar-refractivity contribution is -0.386. The number of ether oxygens (including phenoxy) is 1. The monoisotopic (exact) mass is 385 g/mol. The van der Waals surface area contributed by atoms with Gasteiger partial charge in [-0.05, 0) is 29.3 Å². The predicted octanol–water partition coefficient (Wildman–Crippen LogP) is 3.38. The van der Waals surface area contributed by atoms with Crippen molar-refractivity contribution < 1.29 is 18.4 Å². The number of nitro benzene ring substituents is 1. The van der Waals surface area contributed by atoms with Gasteiger partial charge >= 0.3 is 12.3 Å². The van der Waals surface area contributed by atoms with E-state index in [1.54, 1.807) is 0 Å². The Morgan fingerprint density at radius 1 is 1.36 bits per heavy atom. The topological polar surface area (TPSA) is 109 Å². The third kappa shape index (κ3) is 3.69. The second-order valence-corrected chi connectivity index (χ2v) is 6.51. The van der Waals surface area contributed by atoms with Crippen LogP contribution in [0.2, 0.25) is 0 Å². The van der Waals surface area contributed by atoms with Crippen LogP contribution in [0.4, 0.5) is 14.5 Å². The molecule has 12 heteroatoms. The van der Waals surface area contributed by atoms with Gasteiger partial charge < -0.3 is 10.6 Å². The number of alkyl halides is 2. The average molecular weight is 385 g/mol. The zero-order valence-corrected chi connectivity index (χ0v) is 13.8. The molecule has 25 heavy (non-hydrogen) atoms. The Morgan fingerprint density at radius 3 is 2.80 bits per heavy atom. The number of nitrogen functional groups attached to an aromatic ring is 1. The summed E-state index contributed by atoms with van der Waals surface area (Å²) in [6, 6.07) is 7.27. The van der Waals surface area contributed by atoms with Gasteiger partial charge in [-0.15, -0.1) is 21.5 Å². The summed E-state index contributed by atoms with van der Waals surface area (Å²) in [6.45, 7) is -3.18. The Hall–Kier alpha value is -2.73. The van der Waals surface area contributed by atoms with Gasteiger partial charge in [-0.25, -0.2) is 4.68 Å². The SMILES string of the molecule is Nn1c(Sc2ccc([N+](=O)[O-])c(OC(F)F)c2)nnc1-c1cccs1. The van der Waals surface area contributed by atoms with Crippen LogP contribution in [-0.2, 0) is 0 Å². The van der Waals surface area contributed by atoms with Crippen molar-refractivity contribution in [2.24, 2.45) is 0 Å². The lowest BCUT2D eigenvalue weighted by Crippen LogP contribution is -2.11. The molecule has 0 saturated heterocycles. The summed E-state index contributed by atoms with van der Waals surface area (Å²) in [5, 5.41) is 21.0. The van der Waals surface area contributed by atoms with Gasteiger partial charge in [0, 0.05) is 17.0 Å². The van der Waals surface area contributed by atoms with Gasteiger partial charge in [-0.2, -0.15) is 8.78 Å². The quantitative estimate of drug-likeness (QED) is 0.393. The number of hydrogen-bond acceptors (Lipinski definition) is 8. The Bertz CT molecular complexity index is 901. The smallest absolute Gasteiger partial charge is 0.387 e. The van der Waals surface area contributed by atoms with E-state index in [2.05, 4.69) is 14.9 Å². The number of thiophene rings is 1. The maximum Gasteiger partial charge on any atom is 0.387 e. The van der Waals surface area contributed by atoms with Crippen LogP contribution in [0.5, 0.6) is 5.75 Å². The van der Waals surface area contributed by atoms with Crippen LogP contribution in [0, 0.1) is 10.1 Å². The first-order valence-corrected chi connectivity index (χ1v) is 8.31. The highest BCUT2D eigenvalue weighted by Crippen LogP contribution is 2.36. The highest BCUT2D eigenvalue weighted by Gasteiger charge is 2.20. The Morgan fingerprint density at radius 2 is 2.16 bits per heavy atom. The summed E-state index contributed by atoms with van der Waals surface area (Å²) in [5.74, 6) is 5.87. The fourth-order valence-electron chi connectivity index (χ4n) is 1.93. The van der Waals surface area contributed by atoms with Crippen LogP contribution in [0.15, 0.2) is 45.8 Å². The summed E-state index contributed by atoms with van der Waals surface area (Å²) in [5.41, 5.74) is -0.557. The molecule has 0 aliphatic rings. The van der Waals surface area contributed by atoms with E-state index in [9.17, 15) is 18.9 Å². The summed E-state index contributed by atoms with van der Waals surface area (Å²) < 4.78 is 30.4. The van der Waals surface area contributed by atoms with Crippen molar-refractivity contribution in [2.45, 2.75) is 16.7 Å². The first-order valence-electron chi connectivity index (χ1n) is 6.61. The number of benzene rings is 1. The molecule has 2 heterocycles. The number of nitro groups is 1. The number of rotatable bonds is 6. The molecule has 0 aliphatic carbocycles. The molecule has 0 spiro atoms. The van der Waals surface area contributed by atoms with Crippen molar-refractivity contribution in [2.75, 3.05) is 5.84 Å². The van der Waals surface area contributed by atoms with Crippen molar-refractivity contribution in [3.63, 3.8) is 0 Å². The van der Waals surface area contributed by atoms with Gasteiger partial charge in [0.15, 0.2) is 5.82 Å². The van der Waals surface area contributed by atoms with Gasteiger partial charge in [0.1, 0.15) is 0 Å². The zero-order chi connectivity index (χ0) is 18.0. The molecule has 0 unspecified atom stereocenters. The minimum atomic E-state index is -3.18. The van der Waals surface area contributed by atoms with E-state index in [0.29, 0.717) is 15.9 Å². The van der Waals surface area contributed by atoms with Gasteiger partial charge in [0.2, 0.25) is 10.9 Å². The Balaban J connectivity index is 1.89. The second-order valence-electron chi connectivity index (χ2n) is 4.52. The maximum absolute atomic E-state index is 12.5. The molecule has 130 valence electrons. The summed E-state index contributed by atoms with van der Waals surface area (Å²) in [6.07, 6.45) is 0. The minimum Gasteiger partial charge on any atom is -0.427 e. The molecule has 8 nitrogen and oxygen atoms in total. The number of nitrogens with two attached hydrogens (primary N) is 1. The fraction of sp³-hybridized carbons (Fsp3) is 0.0769. The summed E-state index contributed by atoms with van der Waals surface area (Å²) in [7, 11) is 0. The van der Waals surface area contributed by atoms with E-state index < -0.39 is 23.0 Å². The molecule has 1 aromatic carbocycles. The van der Waals surface area contributed by atoms with Crippen LogP contribution in [0.25, 0.3) is 10.7 Å². The molecule has 2 aromatic heterocycles. The average Bonchev–Trinajstić information content (AvgIpc) is 3.17. The van der Waals surface area contributed by atoms with Crippen LogP contribution in [-0.4, -0.2) is 26.4 Å². The summed E-state index contributed by atoms with van der Waals surface area (Å²) in [4.78, 5) is 11.3. The van der Waals surface area contributed by atoms with Crippen molar-refractivity contribution in [3.05, 3.63) is 45.8 Å². The molecular formula is C13H9F2N5O3S2. The molecule has 0 radical (unpaired) electrons. The highest BCUT2D eigenvalue weighted by molar-refractivity contribution is 7.99. The molecule has 0 saturated carbocycles. The van der Waals surface area contributed by atoms with Gasteiger partial charge in [-0.3, -0.25) is 10.1 Å². The number of nitrogens with zero attached hydrogens (tertiary/aromatic N) is 4. The van der Waals surface area contributed by atoms with Gasteiger partial charge in [-0.1, -0.05) is 6.07 Å². The van der Waals surface area contributed by atoms with Gasteiger partial charge in [0.25, 0.3) is 0 Å². The lowest BCUT2D eigenvalue weighted by Gasteiger charge is -2.07. The second kappa shape index (κ2) is 7.03. The van der Waals surface area contributed by atoms with Crippen LogP contribution < -0.4 is 10.6 Å². The molecule has 0 aliphatic heterocycles. The molecule has 0 bridgehead atoms. The van der Waals surface area contributed by atoms with E-state index in [-0.39, 0.29) is 0 Å². The first kappa shape index (κ1) is 17.1. The predicted molar refractivity (Wildman–Crippen MR) is 87.3 cm³/mol. The van der Waals surface area contributed by atoms with E-state index in [4.69, 9.17) is 5.84 Å². The third-order valence-electron chi connectivity index (χ3n) is 2.96. The maximum atomic E-state index is 12.5. The highest BCUT2D eigenvalue weighted by atomic mass is 32.2. The van der Waals surface area contributed by atoms with E-state index >= 15 is 0 Å². The first-order chi connectivity index (χ1) is 12.0. The fourth-order valence-corrected chi connectivity index (χ4v) is 3.41. The molecule has 0 fully saturated rings. The normalized spacial score (nSPS) is 11.0. The largest absolute Gasteiger partial charge is 0.427 e. The Labute approximate surface area is 147 Å². The van der Waals surface area contributed by atoms with E-state index in [1.807, 2.05) is 17.5 Å². The van der Waals surface area contributed by atoms with Crippen molar-refractivity contribution in [1.29, 1.82) is 0 Å². The lowest BCUT2D eigenvalue weighted by atomic mass is 10.3. The van der Waals surface area contributed by atoms with Crippen LogP contribution in [0.3, 0.4) is 0 Å². The minimum absolute atomic E-state index is 0.292. The number of hydrogen-bond donors (Lipinski definition) is 1. The molecule has 0 atom stereocenters. The third-order valence-corrected chi connectivity index (χ3v) is 4.78. The summed E-state index contributed by atoms with van der Waals surface area (Å²) >= 11 is 2.45. The molecule has 2 N–H and O–H groups in total. The molecular weight excluding hydrogens is 376 g/mol. The number of halogens is 2. The van der Waals surface area contributed by atoms with Crippen molar-refractivity contribution in [1.82, 2.24) is 14.9 Å². The molecule has 3 rings (SSSR count). The molecule has 3 aromatic rings. The van der Waals surface area contributed by atoms with Crippen molar-refractivity contribution in [3.8, 4) is 16.5 Å². The van der Waals surface area contributed by atoms with Crippen LogP contribution >= 0.6 is 23.1 Å². The molecule has 0 amide bonds. The van der Waals surface area contributed by atoms with E-state index in [1.165, 1.54) is 22.1 Å².